The molecule has 2 aromatic carbocycles. The van der Waals surface area contributed by atoms with Crippen LogP contribution < -0.4 is 5.32 Å². The molecule has 0 heterocycles. The maximum absolute atomic E-state index is 4.26. The van der Waals surface area contributed by atoms with Crippen LogP contribution in [0.25, 0.3) is 11.1 Å². The molecule has 1 aliphatic rings. The van der Waals surface area contributed by atoms with Crippen molar-refractivity contribution in [1.82, 2.24) is 0 Å². The molecule has 0 aliphatic heterocycles. The van der Waals surface area contributed by atoms with Gasteiger partial charge in [0, 0.05) is 5.69 Å². The maximum atomic E-state index is 4.26. The van der Waals surface area contributed by atoms with Crippen LogP contribution in [0.2, 0.25) is 0 Å². The third-order valence-electron chi connectivity index (χ3n) is 4.22. The van der Waals surface area contributed by atoms with E-state index in [1.165, 1.54) is 16.7 Å². The molecule has 3 rings (SSSR count). The maximum Gasteiger partial charge on any atom is 0.0768 e. The molecule has 0 bridgehead atoms. The van der Waals surface area contributed by atoms with Crippen LogP contribution in [-0.4, -0.2) is 6.04 Å². The largest absolute Gasteiger partial charge is 0.374 e. The van der Waals surface area contributed by atoms with Crippen molar-refractivity contribution in [2.24, 2.45) is 5.92 Å². The smallest absolute Gasteiger partial charge is 0.0768 e. The Labute approximate surface area is 133 Å². The zero-order valence-electron chi connectivity index (χ0n) is 13.4. The first-order valence-electron chi connectivity index (χ1n) is 7.89. The second-order valence-electron chi connectivity index (χ2n) is 6.47. The minimum absolute atomic E-state index is 0.0911. The van der Waals surface area contributed by atoms with E-state index in [0.29, 0.717) is 5.92 Å². The second-order valence-corrected chi connectivity index (χ2v) is 6.47. The third kappa shape index (κ3) is 2.71. The Morgan fingerprint density at radius 1 is 0.909 bits per heavy atom. The fourth-order valence-corrected chi connectivity index (χ4v) is 3.11. The second kappa shape index (κ2) is 5.84. The number of benzene rings is 2. The van der Waals surface area contributed by atoms with Crippen LogP contribution in [0.3, 0.4) is 0 Å². The van der Waals surface area contributed by atoms with Gasteiger partial charge in [-0.15, -0.1) is 0 Å². The topological polar surface area (TPSA) is 12.0 Å². The molecule has 1 N–H and O–H groups in total. The highest BCUT2D eigenvalue weighted by Gasteiger charge is 2.28. The molecule has 0 amide bonds. The summed E-state index contributed by atoms with van der Waals surface area (Å²) in [6.45, 7) is 13.0. The SMILES string of the molecule is C=C1c2ccccc2C(=C)C1Nc1ccc(CC(C)C)cc1. The van der Waals surface area contributed by atoms with Gasteiger partial charge in [-0.2, -0.15) is 0 Å². The van der Waals surface area contributed by atoms with Crippen LogP contribution in [0, 0.1) is 5.92 Å². The average Bonchev–Trinajstić information content (AvgIpc) is 2.74. The van der Waals surface area contributed by atoms with Gasteiger partial charge in [0.1, 0.15) is 0 Å². The quantitative estimate of drug-likeness (QED) is 0.794. The molecular formula is C21H23N. The zero-order chi connectivity index (χ0) is 15.7. The van der Waals surface area contributed by atoms with Crippen molar-refractivity contribution in [3.63, 3.8) is 0 Å². The molecular weight excluding hydrogens is 266 g/mol. The van der Waals surface area contributed by atoms with Gasteiger partial charge in [0.15, 0.2) is 0 Å². The molecule has 0 saturated carbocycles. The highest BCUT2D eigenvalue weighted by Crippen LogP contribution is 2.40. The summed E-state index contributed by atoms with van der Waals surface area (Å²) in [5.41, 5.74) is 7.13. The highest BCUT2D eigenvalue weighted by atomic mass is 14.9. The predicted octanol–water partition coefficient (Wildman–Crippen LogP) is 5.41. The van der Waals surface area contributed by atoms with Crippen molar-refractivity contribution in [2.45, 2.75) is 26.3 Å². The van der Waals surface area contributed by atoms with Gasteiger partial charge >= 0.3 is 0 Å². The molecule has 1 aliphatic carbocycles. The molecule has 1 heteroatoms. The van der Waals surface area contributed by atoms with Gasteiger partial charge in [0.2, 0.25) is 0 Å². The molecule has 112 valence electrons. The molecule has 22 heavy (non-hydrogen) atoms. The molecule has 0 saturated heterocycles. The van der Waals surface area contributed by atoms with E-state index in [9.17, 15) is 0 Å². The van der Waals surface area contributed by atoms with Gasteiger partial charge in [-0.25, -0.2) is 0 Å². The summed E-state index contributed by atoms with van der Waals surface area (Å²) in [5, 5.41) is 3.57. The van der Waals surface area contributed by atoms with Crippen molar-refractivity contribution in [2.75, 3.05) is 5.32 Å². The normalized spacial score (nSPS) is 14.5. The van der Waals surface area contributed by atoms with Crippen molar-refractivity contribution < 1.29 is 0 Å². The first-order chi connectivity index (χ1) is 10.6. The monoisotopic (exact) mass is 289 g/mol. The zero-order valence-corrected chi connectivity index (χ0v) is 13.4. The summed E-state index contributed by atoms with van der Waals surface area (Å²) in [6.07, 6.45) is 1.12. The summed E-state index contributed by atoms with van der Waals surface area (Å²) in [7, 11) is 0. The molecule has 2 aromatic rings. The summed E-state index contributed by atoms with van der Waals surface area (Å²) >= 11 is 0. The van der Waals surface area contributed by atoms with E-state index in [4.69, 9.17) is 0 Å². The van der Waals surface area contributed by atoms with Crippen molar-refractivity contribution in [3.05, 3.63) is 78.4 Å². The number of hydrogen-bond donors (Lipinski definition) is 1. The van der Waals surface area contributed by atoms with Gasteiger partial charge in [0.05, 0.1) is 6.04 Å². The Kier molecular flexibility index (Phi) is 3.89. The van der Waals surface area contributed by atoms with Crippen LogP contribution in [0.5, 0.6) is 0 Å². The number of rotatable bonds is 4. The third-order valence-corrected chi connectivity index (χ3v) is 4.22. The molecule has 1 nitrogen and oxygen atoms in total. The lowest BCUT2D eigenvalue weighted by molar-refractivity contribution is 0.647. The van der Waals surface area contributed by atoms with Crippen LogP contribution >= 0.6 is 0 Å². The lowest BCUT2D eigenvalue weighted by Crippen LogP contribution is -2.17. The average molecular weight is 289 g/mol. The van der Waals surface area contributed by atoms with Gasteiger partial charge in [0.25, 0.3) is 0 Å². The summed E-state index contributed by atoms with van der Waals surface area (Å²) in [4.78, 5) is 0. The van der Waals surface area contributed by atoms with Crippen molar-refractivity contribution in [3.8, 4) is 0 Å². The molecule has 0 aromatic heterocycles. The fraction of sp³-hybridized carbons (Fsp3) is 0.238. The van der Waals surface area contributed by atoms with Gasteiger partial charge in [-0.1, -0.05) is 63.4 Å². The summed E-state index contributed by atoms with van der Waals surface area (Å²) < 4.78 is 0. The Morgan fingerprint density at radius 2 is 1.45 bits per heavy atom. The lowest BCUT2D eigenvalue weighted by atomic mass is 10.0. The fourth-order valence-electron chi connectivity index (χ4n) is 3.11. The van der Waals surface area contributed by atoms with Crippen LogP contribution in [-0.2, 0) is 6.42 Å². The van der Waals surface area contributed by atoms with E-state index >= 15 is 0 Å². The Hall–Kier alpha value is -2.28. The number of fused-ring (bicyclic) bond motifs is 1. The molecule has 0 fully saturated rings. The number of hydrogen-bond acceptors (Lipinski definition) is 1. The summed E-state index contributed by atoms with van der Waals surface area (Å²) in [5.74, 6) is 0.683. The van der Waals surface area contributed by atoms with E-state index in [2.05, 4.69) is 80.9 Å². The van der Waals surface area contributed by atoms with Crippen LogP contribution in [0.15, 0.2) is 61.7 Å². The van der Waals surface area contributed by atoms with Crippen LogP contribution in [0.4, 0.5) is 5.69 Å². The minimum atomic E-state index is 0.0911. The molecule has 0 spiro atoms. The number of nitrogens with one attached hydrogen (secondary N) is 1. The molecule has 0 radical (unpaired) electrons. The van der Waals surface area contributed by atoms with Crippen molar-refractivity contribution >= 4 is 16.8 Å². The Balaban J connectivity index is 1.77. The van der Waals surface area contributed by atoms with Gasteiger partial charge in [-0.05, 0) is 52.3 Å². The van der Waals surface area contributed by atoms with E-state index < -0.39 is 0 Å². The van der Waals surface area contributed by atoms with Crippen molar-refractivity contribution in [1.29, 1.82) is 0 Å². The van der Waals surface area contributed by atoms with E-state index in [0.717, 1.165) is 23.3 Å². The Bertz CT molecular complexity index is 672. The first kappa shape index (κ1) is 14.6. The van der Waals surface area contributed by atoms with E-state index in [1.807, 2.05) is 0 Å². The minimum Gasteiger partial charge on any atom is -0.374 e. The Morgan fingerprint density at radius 3 is 1.95 bits per heavy atom. The van der Waals surface area contributed by atoms with Crippen LogP contribution in [0.1, 0.15) is 30.5 Å². The number of anilines is 1. The standard InChI is InChI=1S/C21H23N/c1-14(2)13-17-9-11-18(12-10-17)22-21-15(3)19-7-5-6-8-20(19)16(21)4/h5-12,14,21-22H,3-4,13H2,1-2H3. The summed E-state index contributed by atoms with van der Waals surface area (Å²) in [6, 6.07) is 17.2. The van der Waals surface area contributed by atoms with E-state index in [-0.39, 0.29) is 6.04 Å². The highest BCUT2D eigenvalue weighted by molar-refractivity contribution is 5.98. The molecule has 0 atom stereocenters. The molecule has 0 unspecified atom stereocenters. The first-order valence-corrected chi connectivity index (χ1v) is 7.89. The van der Waals surface area contributed by atoms with Gasteiger partial charge in [-0.3, -0.25) is 0 Å². The lowest BCUT2D eigenvalue weighted by Gasteiger charge is -2.17. The predicted molar refractivity (Wildman–Crippen MR) is 96.9 cm³/mol. The van der Waals surface area contributed by atoms with Gasteiger partial charge < -0.3 is 5.32 Å². The van der Waals surface area contributed by atoms with E-state index in [1.54, 1.807) is 0 Å².